The van der Waals surface area contributed by atoms with Crippen molar-refractivity contribution < 1.29 is 0 Å². The summed E-state index contributed by atoms with van der Waals surface area (Å²) in [7, 11) is 0. The average Bonchev–Trinajstić information content (AvgIpc) is 2.27. The molecule has 0 fully saturated rings. The monoisotopic (exact) mass is 217 g/mol. The van der Waals surface area contributed by atoms with Crippen LogP contribution in [0.5, 0.6) is 0 Å². The minimum absolute atomic E-state index is 0.634. The van der Waals surface area contributed by atoms with E-state index in [9.17, 15) is 0 Å². The van der Waals surface area contributed by atoms with Crippen molar-refractivity contribution in [3.8, 4) is 0 Å². The lowest BCUT2D eigenvalue weighted by Gasteiger charge is -2.32. The van der Waals surface area contributed by atoms with Crippen molar-refractivity contribution in [3.63, 3.8) is 0 Å². The van der Waals surface area contributed by atoms with Crippen LogP contribution in [0.2, 0.25) is 0 Å². The van der Waals surface area contributed by atoms with E-state index in [0.717, 1.165) is 13.1 Å². The third-order valence-electron chi connectivity index (χ3n) is 3.71. The highest BCUT2D eigenvalue weighted by Crippen LogP contribution is 2.35. The van der Waals surface area contributed by atoms with Gasteiger partial charge in [0.1, 0.15) is 0 Å². The van der Waals surface area contributed by atoms with Gasteiger partial charge < -0.3 is 5.32 Å². The molecule has 0 radical (unpaired) electrons. The molecule has 1 aromatic rings. The van der Waals surface area contributed by atoms with Crippen molar-refractivity contribution >= 4 is 0 Å². The maximum Gasteiger partial charge on any atom is 0.0208 e. The van der Waals surface area contributed by atoms with Crippen LogP contribution >= 0.6 is 0 Å². The first-order chi connectivity index (χ1) is 7.61. The SMILES string of the molecule is CC(C)c1cccc2c1C(C(C)C)CNC2. The zero-order valence-electron chi connectivity index (χ0n) is 10.9. The third-order valence-corrected chi connectivity index (χ3v) is 3.71. The van der Waals surface area contributed by atoms with Crippen LogP contribution in [-0.4, -0.2) is 6.54 Å². The molecule has 2 rings (SSSR count). The quantitative estimate of drug-likeness (QED) is 0.797. The highest BCUT2D eigenvalue weighted by Gasteiger charge is 2.25. The molecule has 1 aromatic carbocycles. The fourth-order valence-electron chi connectivity index (χ4n) is 2.78. The van der Waals surface area contributed by atoms with E-state index in [-0.39, 0.29) is 0 Å². The van der Waals surface area contributed by atoms with E-state index in [1.165, 1.54) is 5.56 Å². The van der Waals surface area contributed by atoms with Crippen molar-refractivity contribution in [1.29, 1.82) is 0 Å². The number of nitrogens with one attached hydrogen (secondary N) is 1. The van der Waals surface area contributed by atoms with E-state index >= 15 is 0 Å². The van der Waals surface area contributed by atoms with E-state index in [2.05, 4.69) is 51.2 Å². The van der Waals surface area contributed by atoms with Crippen LogP contribution in [-0.2, 0) is 6.54 Å². The fourth-order valence-corrected chi connectivity index (χ4v) is 2.78. The Morgan fingerprint density at radius 2 is 1.94 bits per heavy atom. The molecule has 1 N–H and O–H groups in total. The molecule has 1 unspecified atom stereocenters. The zero-order chi connectivity index (χ0) is 11.7. The molecule has 1 nitrogen and oxygen atoms in total. The van der Waals surface area contributed by atoms with Crippen LogP contribution in [0.3, 0.4) is 0 Å². The van der Waals surface area contributed by atoms with Gasteiger partial charge in [0.25, 0.3) is 0 Å². The van der Waals surface area contributed by atoms with Gasteiger partial charge in [-0.25, -0.2) is 0 Å². The number of fused-ring (bicyclic) bond motifs is 1. The molecule has 1 heteroatoms. The zero-order valence-corrected chi connectivity index (χ0v) is 10.9. The topological polar surface area (TPSA) is 12.0 Å². The summed E-state index contributed by atoms with van der Waals surface area (Å²) >= 11 is 0. The van der Waals surface area contributed by atoms with E-state index in [1.807, 2.05) is 0 Å². The van der Waals surface area contributed by atoms with Crippen LogP contribution in [0.4, 0.5) is 0 Å². The van der Waals surface area contributed by atoms with Crippen LogP contribution in [0.25, 0.3) is 0 Å². The molecular formula is C15H23N. The van der Waals surface area contributed by atoms with Gasteiger partial charge in [-0.15, -0.1) is 0 Å². The lowest BCUT2D eigenvalue weighted by molar-refractivity contribution is 0.431. The minimum Gasteiger partial charge on any atom is -0.312 e. The van der Waals surface area contributed by atoms with Gasteiger partial charge in [0, 0.05) is 13.1 Å². The highest BCUT2D eigenvalue weighted by atomic mass is 14.9. The number of rotatable bonds is 2. The summed E-state index contributed by atoms with van der Waals surface area (Å²) in [5.74, 6) is 2.03. The maximum absolute atomic E-state index is 3.54. The Hall–Kier alpha value is -0.820. The Morgan fingerprint density at radius 3 is 2.56 bits per heavy atom. The van der Waals surface area contributed by atoms with E-state index in [4.69, 9.17) is 0 Å². The molecule has 88 valence electrons. The summed E-state index contributed by atoms with van der Waals surface area (Å²) in [4.78, 5) is 0. The number of hydrogen-bond acceptors (Lipinski definition) is 1. The van der Waals surface area contributed by atoms with Crippen LogP contribution < -0.4 is 5.32 Å². The summed E-state index contributed by atoms with van der Waals surface area (Å²) < 4.78 is 0. The van der Waals surface area contributed by atoms with Gasteiger partial charge in [0.15, 0.2) is 0 Å². The Morgan fingerprint density at radius 1 is 1.19 bits per heavy atom. The van der Waals surface area contributed by atoms with Gasteiger partial charge in [-0.2, -0.15) is 0 Å². The molecule has 0 amide bonds. The first-order valence-electron chi connectivity index (χ1n) is 6.43. The van der Waals surface area contributed by atoms with E-state index < -0.39 is 0 Å². The van der Waals surface area contributed by atoms with Gasteiger partial charge in [-0.3, -0.25) is 0 Å². The predicted molar refractivity (Wildman–Crippen MR) is 69.8 cm³/mol. The first-order valence-corrected chi connectivity index (χ1v) is 6.43. The summed E-state index contributed by atoms with van der Waals surface area (Å²) in [6, 6.07) is 6.80. The van der Waals surface area contributed by atoms with Crippen molar-refractivity contribution in [1.82, 2.24) is 5.32 Å². The van der Waals surface area contributed by atoms with Crippen molar-refractivity contribution in [2.24, 2.45) is 5.92 Å². The van der Waals surface area contributed by atoms with Crippen molar-refractivity contribution in [2.75, 3.05) is 6.54 Å². The summed E-state index contributed by atoms with van der Waals surface area (Å²) in [5.41, 5.74) is 4.69. The van der Waals surface area contributed by atoms with Crippen LogP contribution in [0.15, 0.2) is 18.2 Å². The van der Waals surface area contributed by atoms with Crippen molar-refractivity contribution in [2.45, 2.75) is 46.1 Å². The van der Waals surface area contributed by atoms with Gasteiger partial charge in [0.2, 0.25) is 0 Å². The molecule has 0 spiro atoms. The molecule has 1 aliphatic rings. The van der Waals surface area contributed by atoms with E-state index in [0.29, 0.717) is 17.8 Å². The Labute approximate surface area is 99.3 Å². The third kappa shape index (κ3) is 2.01. The largest absolute Gasteiger partial charge is 0.312 e. The first kappa shape index (κ1) is 11.7. The summed E-state index contributed by atoms with van der Waals surface area (Å²) in [5, 5.41) is 3.54. The lowest BCUT2D eigenvalue weighted by atomic mass is 9.78. The average molecular weight is 217 g/mol. The van der Waals surface area contributed by atoms with Crippen molar-refractivity contribution in [3.05, 3.63) is 34.9 Å². The normalized spacial score (nSPS) is 20.2. The lowest BCUT2D eigenvalue weighted by Crippen LogP contribution is -2.32. The standard InChI is InChI=1S/C15H23N/c1-10(2)13-7-5-6-12-8-16-9-14(11(3)4)15(12)13/h5-7,10-11,14,16H,8-9H2,1-4H3. The maximum atomic E-state index is 3.54. The fraction of sp³-hybridized carbons (Fsp3) is 0.600. The molecule has 0 aliphatic carbocycles. The molecule has 1 heterocycles. The number of hydrogen-bond donors (Lipinski definition) is 1. The smallest absolute Gasteiger partial charge is 0.0208 e. The predicted octanol–water partition coefficient (Wildman–Crippen LogP) is 3.65. The van der Waals surface area contributed by atoms with Crippen LogP contribution in [0, 0.1) is 5.92 Å². The molecule has 16 heavy (non-hydrogen) atoms. The summed E-state index contributed by atoms with van der Waals surface area (Å²) in [6.45, 7) is 11.4. The molecular weight excluding hydrogens is 194 g/mol. The highest BCUT2D eigenvalue weighted by molar-refractivity contribution is 5.41. The van der Waals surface area contributed by atoms with Gasteiger partial charge >= 0.3 is 0 Å². The van der Waals surface area contributed by atoms with Gasteiger partial charge in [0.05, 0.1) is 0 Å². The van der Waals surface area contributed by atoms with Crippen LogP contribution in [0.1, 0.15) is 56.2 Å². The second kappa shape index (κ2) is 4.58. The Balaban J connectivity index is 2.51. The molecule has 0 bridgehead atoms. The number of benzene rings is 1. The molecule has 0 saturated heterocycles. The molecule has 1 aliphatic heterocycles. The molecule has 0 saturated carbocycles. The second-order valence-electron chi connectivity index (χ2n) is 5.56. The second-order valence-corrected chi connectivity index (χ2v) is 5.56. The molecule has 1 atom stereocenters. The minimum atomic E-state index is 0.634. The van der Waals surface area contributed by atoms with Gasteiger partial charge in [-0.05, 0) is 34.4 Å². The summed E-state index contributed by atoms with van der Waals surface area (Å²) in [6.07, 6.45) is 0. The van der Waals surface area contributed by atoms with E-state index in [1.54, 1.807) is 11.1 Å². The van der Waals surface area contributed by atoms with Gasteiger partial charge in [-0.1, -0.05) is 45.9 Å². The Kier molecular flexibility index (Phi) is 3.34. The molecule has 0 aromatic heterocycles. The Bertz CT molecular complexity index is 366.